The van der Waals surface area contributed by atoms with Gasteiger partial charge in [0.2, 0.25) is 0 Å². The second kappa shape index (κ2) is 8.53. The highest BCUT2D eigenvalue weighted by Crippen LogP contribution is 2.55. The van der Waals surface area contributed by atoms with E-state index in [1.54, 1.807) is 0 Å². The summed E-state index contributed by atoms with van der Waals surface area (Å²) < 4.78 is 29.2. The van der Waals surface area contributed by atoms with E-state index < -0.39 is 19.0 Å². The lowest BCUT2D eigenvalue weighted by Gasteiger charge is -2.30. The largest absolute Gasteiger partial charge is 0.475 e. The first kappa shape index (κ1) is 20.1. The molecule has 0 amide bonds. The fraction of sp³-hybridized carbons (Fsp3) is 1.00. The zero-order valence-electron chi connectivity index (χ0n) is 14.3. The summed E-state index contributed by atoms with van der Waals surface area (Å²) in [4.78, 5) is 0. The van der Waals surface area contributed by atoms with Gasteiger partial charge in [-0.3, -0.25) is 13.6 Å². The van der Waals surface area contributed by atoms with Crippen molar-refractivity contribution in [1.29, 1.82) is 0 Å². The minimum absolute atomic E-state index is 0.410. The van der Waals surface area contributed by atoms with Gasteiger partial charge in [-0.25, -0.2) is 4.57 Å². The first-order valence-corrected chi connectivity index (χ1v) is 9.09. The van der Waals surface area contributed by atoms with Crippen LogP contribution in [0.3, 0.4) is 0 Å². The lowest BCUT2D eigenvalue weighted by atomic mass is 10.2. The molecule has 0 heterocycles. The number of phosphoric acid groups is 1. The summed E-state index contributed by atoms with van der Waals surface area (Å²) in [6.07, 6.45) is 5.59. The molecule has 122 valence electrons. The third-order valence-corrected chi connectivity index (χ3v) is 4.31. The maximum atomic E-state index is 12.7. The normalized spacial score (nSPS) is 13.8. The van der Waals surface area contributed by atoms with Crippen molar-refractivity contribution in [1.82, 2.24) is 0 Å². The van der Waals surface area contributed by atoms with Gasteiger partial charge in [0.15, 0.2) is 0 Å². The number of hydrogen-bond donors (Lipinski definition) is 0. The Bertz CT molecular complexity index is 282. The molecule has 0 aliphatic carbocycles. The van der Waals surface area contributed by atoms with Crippen molar-refractivity contribution in [2.45, 2.75) is 91.8 Å². The Hall–Kier alpha value is 0.110. The Morgan fingerprint density at radius 2 is 1.25 bits per heavy atom. The summed E-state index contributed by atoms with van der Waals surface area (Å²) in [6, 6.07) is 0. The van der Waals surface area contributed by atoms with E-state index in [-0.39, 0.29) is 0 Å². The van der Waals surface area contributed by atoms with Gasteiger partial charge in [-0.2, -0.15) is 0 Å². The molecule has 0 aliphatic rings. The third-order valence-electron chi connectivity index (χ3n) is 2.27. The smallest absolute Gasteiger partial charge is 0.287 e. The van der Waals surface area contributed by atoms with Gasteiger partial charge in [-0.1, -0.05) is 32.6 Å². The van der Waals surface area contributed by atoms with E-state index in [0.29, 0.717) is 6.61 Å². The molecule has 0 saturated heterocycles. The number of rotatable bonds is 9. The molecular weight excluding hydrogens is 275 g/mol. The van der Waals surface area contributed by atoms with E-state index in [2.05, 4.69) is 6.92 Å². The van der Waals surface area contributed by atoms with Crippen molar-refractivity contribution in [3.05, 3.63) is 0 Å². The van der Waals surface area contributed by atoms with Crippen LogP contribution in [0, 0.1) is 0 Å². The number of phosphoric ester groups is 1. The molecule has 4 nitrogen and oxygen atoms in total. The summed E-state index contributed by atoms with van der Waals surface area (Å²) >= 11 is 0. The second-order valence-electron chi connectivity index (χ2n) is 7.10. The lowest BCUT2D eigenvalue weighted by Crippen LogP contribution is -2.24. The highest BCUT2D eigenvalue weighted by Gasteiger charge is 2.36. The Kier molecular flexibility index (Phi) is 8.57. The van der Waals surface area contributed by atoms with Crippen LogP contribution in [0.1, 0.15) is 80.6 Å². The first-order chi connectivity index (χ1) is 8.97. The third kappa shape index (κ3) is 11.9. The number of unbranched alkanes of at least 4 members (excludes halogenated alkanes) is 4. The van der Waals surface area contributed by atoms with Gasteiger partial charge >= 0.3 is 7.82 Å². The second-order valence-corrected chi connectivity index (χ2v) is 8.62. The molecular formula is C15H33O4P. The maximum absolute atomic E-state index is 12.7. The standard InChI is InChI=1S/C15H33O4P/c1-8-9-10-11-12-13-17-20(16,18-14(2,3)4)19-15(5,6)7/h8-13H2,1-7H3. The Morgan fingerprint density at radius 1 is 0.800 bits per heavy atom. The molecule has 0 saturated carbocycles. The highest BCUT2D eigenvalue weighted by molar-refractivity contribution is 7.48. The molecule has 0 rings (SSSR count). The molecule has 0 radical (unpaired) electrons. The van der Waals surface area contributed by atoms with Gasteiger partial charge in [-0.05, 0) is 48.0 Å². The van der Waals surface area contributed by atoms with Crippen LogP contribution in [0.2, 0.25) is 0 Å². The van der Waals surface area contributed by atoms with Crippen molar-refractivity contribution in [3.63, 3.8) is 0 Å². The van der Waals surface area contributed by atoms with E-state index in [4.69, 9.17) is 13.6 Å². The van der Waals surface area contributed by atoms with Crippen molar-refractivity contribution >= 4 is 7.82 Å². The SMILES string of the molecule is CCCCCCCOP(=O)(OC(C)(C)C)OC(C)(C)C. The van der Waals surface area contributed by atoms with E-state index in [1.807, 2.05) is 41.5 Å². The van der Waals surface area contributed by atoms with Crippen LogP contribution in [0.25, 0.3) is 0 Å². The van der Waals surface area contributed by atoms with Crippen LogP contribution < -0.4 is 0 Å². The Morgan fingerprint density at radius 3 is 1.65 bits per heavy atom. The first-order valence-electron chi connectivity index (χ1n) is 7.63. The Balaban J connectivity index is 4.36. The van der Waals surface area contributed by atoms with Crippen molar-refractivity contribution in [3.8, 4) is 0 Å². The molecule has 0 aromatic carbocycles. The number of hydrogen-bond acceptors (Lipinski definition) is 4. The summed E-state index contributed by atoms with van der Waals surface area (Å²) in [5.74, 6) is 0. The molecule has 0 fully saturated rings. The van der Waals surface area contributed by atoms with E-state index >= 15 is 0 Å². The average molecular weight is 308 g/mol. The summed E-state index contributed by atoms with van der Waals surface area (Å²) in [5.41, 5.74) is -1.13. The minimum Gasteiger partial charge on any atom is -0.287 e. The maximum Gasteiger partial charge on any atom is 0.475 e. The van der Waals surface area contributed by atoms with Crippen LogP contribution in [-0.2, 0) is 18.1 Å². The molecule has 20 heavy (non-hydrogen) atoms. The van der Waals surface area contributed by atoms with Crippen molar-refractivity contribution in [2.24, 2.45) is 0 Å². The summed E-state index contributed by atoms with van der Waals surface area (Å²) in [7, 11) is -3.52. The monoisotopic (exact) mass is 308 g/mol. The van der Waals surface area contributed by atoms with Crippen molar-refractivity contribution in [2.75, 3.05) is 6.61 Å². The molecule has 0 atom stereocenters. The molecule has 5 heteroatoms. The predicted molar refractivity (Wildman–Crippen MR) is 84.0 cm³/mol. The van der Waals surface area contributed by atoms with Gasteiger partial charge in [0.1, 0.15) is 0 Å². The van der Waals surface area contributed by atoms with Crippen LogP contribution in [-0.4, -0.2) is 17.8 Å². The summed E-state index contributed by atoms with van der Waals surface area (Å²) in [6.45, 7) is 13.7. The van der Waals surface area contributed by atoms with Gasteiger partial charge < -0.3 is 0 Å². The lowest BCUT2D eigenvalue weighted by molar-refractivity contribution is 0.00298. The van der Waals surface area contributed by atoms with Crippen molar-refractivity contribution < 1.29 is 18.1 Å². The van der Waals surface area contributed by atoms with Gasteiger partial charge in [0.25, 0.3) is 0 Å². The van der Waals surface area contributed by atoms with Gasteiger partial charge in [0.05, 0.1) is 17.8 Å². The zero-order valence-corrected chi connectivity index (χ0v) is 15.2. The molecule has 0 bridgehead atoms. The van der Waals surface area contributed by atoms with Crippen LogP contribution in [0.15, 0.2) is 0 Å². The molecule has 0 aromatic heterocycles. The Labute approximate surface area is 125 Å². The molecule has 0 aromatic rings. The molecule has 0 unspecified atom stereocenters. The zero-order chi connectivity index (χ0) is 15.9. The van der Waals surface area contributed by atoms with Gasteiger partial charge in [0, 0.05) is 0 Å². The molecule has 0 aliphatic heterocycles. The predicted octanol–water partition coefficient (Wildman–Crippen LogP) is 5.71. The fourth-order valence-electron chi connectivity index (χ4n) is 1.62. The highest BCUT2D eigenvalue weighted by atomic mass is 31.2. The van der Waals surface area contributed by atoms with Crippen LogP contribution in [0.4, 0.5) is 0 Å². The summed E-state index contributed by atoms with van der Waals surface area (Å²) in [5, 5.41) is 0. The van der Waals surface area contributed by atoms with E-state index in [9.17, 15) is 4.57 Å². The van der Waals surface area contributed by atoms with Gasteiger partial charge in [-0.15, -0.1) is 0 Å². The minimum atomic E-state index is -3.52. The quantitative estimate of drug-likeness (QED) is 0.404. The topological polar surface area (TPSA) is 44.8 Å². The van der Waals surface area contributed by atoms with E-state index in [0.717, 1.165) is 12.8 Å². The van der Waals surface area contributed by atoms with Crippen LogP contribution >= 0.6 is 7.82 Å². The van der Waals surface area contributed by atoms with E-state index in [1.165, 1.54) is 19.3 Å². The molecule has 0 spiro atoms. The average Bonchev–Trinajstić information content (AvgIpc) is 2.17. The molecule has 0 N–H and O–H groups in total. The fourth-order valence-corrected chi connectivity index (χ4v) is 3.46. The van der Waals surface area contributed by atoms with Crippen LogP contribution in [0.5, 0.6) is 0 Å².